The van der Waals surface area contributed by atoms with Gasteiger partial charge in [0.25, 0.3) is 5.91 Å². The molecule has 3 aromatic rings. The number of rotatable bonds is 8. The standard InChI is InChI=1S/C24H19ClF4N2O3/c1-2-33-21-11-16(10-20(25)22(21)34-14-15-5-3-8-19(26)9-15)13-30-31-23(32)17-6-4-7-18(12-17)24(27,28)29/h3-13H,2,14H2,1H3,(H,31,32)/b30-13-. The van der Waals surface area contributed by atoms with Crippen molar-refractivity contribution in [2.24, 2.45) is 5.10 Å². The quantitative estimate of drug-likeness (QED) is 0.229. The first-order chi connectivity index (χ1) is 16.2. The molecule has 10 heteroatoms. The molecular formula is C24H19ClF4N2O3. The van der Waals surface area contributed by atoms with Crippen LogP contribution >= 0.6 is 11.6 Å². The Labute approximate surface area is 198 Å². The summed E-state index contributed by atoms with van der Waals surface area (Å²) in [5, 5.41) is 3.97. The topological polar surface area (TPSA) is 59.9 Å². The second kappa shape index (κ2) is 11.0. The molecule has 0 aliphatic heterocycles. The molecule has 1 amide bonds. The van der Waals surface area contributed by atoms with Crippen LogP contribution in [0.3, 0.4) is 0 Å². The Bertz CT molecular complexity index is 1200. The minimum Gasteiger partial charge on any atom is -0.490 e. The molecule has 1 N–H and O–H groups in total. The maximum atomic E-state index is 13.4. The van der Waals surface area contributed by atoms with Crippen molar-refractivity contribution in [2.75, 3.05) is 6.61 Å². The van der Waals surface area contributed by atoms with E-state index in [2.05, 4.69) is 10.5 Å². The Kier molecular flexibility index (Phi) is 8.12. The summed E-state index contributed by atoms with van der Waals surface area (Å²) >= 11 is 6.33. The van der Waals surface area contributed by atoms with Crippen molar-refractivity contribution in [1.29, 1.82) is 0 Å². The number of alkyl halides is 3. The molecule has 0 saturated carbocycles. The molecule has 0 radical (unpaired) electrons. The molecule has 0 saturated heterocycles. The van der Waals surface area contributed by atoms with Crippen LogP contribution in [-0.4, -0.2) is 18.7 Å². The van der Waals surface area contributed by atoms with Crippen LogP contribution in [0.5, 0.6) is 11.5 Å². The lowest BCUT2D eigenvalue weighted by Crippen LogP contribution is -2.18. The number of ether oxygens (including phenoxy) is 2. The molecule has 34 heavy (non-hydrogen) atoms. The molecule has 5 nitrogen and oxygen atoms in total. The number of carbonyl (C=O) groups excluding carboxylic acids is 1. The normalized spacial score (nSPS) is 11.5. The maximum Gasteiger partial charge on any atom is 0.416 e. The van der Waals surface area contributed by atoms with Gasteiger partial charge in [-0.2, -0.15) is 18.3 Å². The summed E-state index contributed by atoms with van der Waals surface area (Å²) in [7, 11) is 0. The van der Waals surface area contributed by atoms with Gasteiger partial charge in [-0.3, -0.25) is 4.79 Å². The molecule has 0 unspecified atom stereocenters. The van der Waals surface area contributed by atoms with E-state index < -0.39 is 23.5 Å². The van der Waals surface area contributed by atoms with Crippen LogP contribution in [0.1, 0.15) is 34.0 Å². The average Bonchev–Trinajstić information content (AvgIpc) is 2.78. The first-order valence-electron chi connectivity index (χ1n) is 10.0. The number of halogens is 5. The van der Waals surface area contributed by atoms with Crippen LogP contribution in [0.15, 0.2) is 65.8 Å². The summed E-state index contributed by atoms with van der Waals surface area (Å²) in [6, 6.07) is 13.0. The number of amides is 1. The molecular weight excluding hydrogens is 476 g/mol. The lowest BCUT2D eigenvalue weighted by Gasteiger charge is -2.14. The van der Waals surface area contributed by atoms with E-state index in [-0.39, 0.29) is 22.9 Å². The van der Waals surface area contributed by atoms with E-state index in [9.17, 15) is 22.4 Å². The van der Waals surface area contributed by atoms with Crippen molar-refractivity contribution >= 4 is 23.7 Å². The Hall–Kier alpha value is -3.59. The molecule has 0 fully saturated rings. The summed E-state index contributed by atoms with van der Waals surface area (Å²) in [5.74, 6) is -0.653. The number of hydrazone groups is 1. The van der Waals surface area contributed by atoms with Crippen molar-refractivity contribution in [3.05, 3.63) is 93.8 Å². The summed E-state index contributed by atoms with van der Waals surface area (Å²) in [6.07, 6.45) is -3.30. The van der Waals surface area contributed by atoms with Crippen LogP contribution in [0, 0.1) is 5.82 Å². The van der Waals surface area contributed by atoms with E-state index in [1.165, 1.54) is 30.5 Å². The second-order valence-electron chi connectivity index (χ2n) is 6.96. The van der Waals surface area contributed by atoms with E-state index in [1.54, 1.807) is 25.1 Å². The highest BCUT2D eigenvalue weighted by Crippen LogP contribution is 2.37. The monoisotopic (exact) mass is 494 g/mol. The first-order valence-corrected chi connectivity index (χ1v) is 10.4. The van der Waals surface area contributed by atoms with E-state index in [0.717, 1.165) is 18.2 Å². The lowest BCUT2D eigenvalue weighted by molar-refractivity contribution is -0.137. The third kappa shape index (κ3) is 6.71. The summed E-state index contributed by atoms with van der Waals surface area (Å²) in [6.45, 7) is 2.12. The van der Waals surface area contributed by atoms with Crippen LogP contribution < -0.4 is 14.9 Å². The van der Waals surface area contributed by atoms with Crippen molar-refractivity contribution in [1.82, 2.24) is 5.43 Å². The van der Waals surface area contributed by atoms with Crippen molar-refractivity contribution in [3.63, 3.8) is 0 Å². The van der Waals surface area contributed by atoms with Gasteiger partial charge in [-0.1, -0.05) is 29.8 Å². The van der Waals surface area contributed by atoms with E-state index in [1.807, 2.05) is 0 Å². The van der Waals surface area contributed by atoms with Crippen LogP contribution in [0.25, 0.3) is 0 Å². The van der Waals surface area contributed by atoms with E-state index in [4.69, 9.17) is 21.1 Å². The van der Waals surface area contributed by atoms with Gasteiger partial charge < -0.3 is 9.47 Å². The smallest absolute Gasteiger partial charge is 0.416 e. The van der Waals surface area contributed by atoms with E-state index >= 15 is 0 Å². The summed E-state index contributed by atoms with van der Waals surface area (Å²) in [5.41, 5.74) is 2.08. The molecule has 0 heterocycles. The van der Waals surface area contributed by atoms with Crippen molar-refractivity contribution in [3.8, 4) is 11.5 Å². The molecule has 3 aromatic carbocycles. The molecule has 0 bridgehead atoms. The van der Waals surface area contributed by atoms with Gasteiger partial charge >= 0.3 is 6.18 Å². The largest absolute Gasteiger partial charge is 0.490 e. The fourth-order valence-electron chi connectivity index (χ4n) is 2.91. The summed E-state index contributed by atoms with van der Waals surface area (Å²) in [4.78, 5) is 12.2. The van der Waals surface area contributed by atoms with Gasteiger partial charge in [0.2, 0.25) is 0 Å². The van der Waals surface area contributed by atoms with E-state index in [0.29, 0.717) is 23.5 Å². The molecule has 0 aromatic heterocycles. The Morgan fingerprint density at radius 1 is 1.09 bits per heavy atom. The first kappa shape index (κ1) is 25.0. The number of nitrogens with one attached hydrogen (secondary N) is 1. The highest BCUT2D eigenvalue weighted by atomic mass is 35.5. The Balaban J connectivity index is 1.72. The molecule has 0 atom stereocenters. The average molecular weight is 495 g/mol. The zero-order chi connectivity index (χ0) is 24.7. The van der Waals surface area contributed by atoms with Gasteiger partial charge in [-0.25, -0.2) is 9.82 Å². The van der Waals surface area contributed by atoms with Crippen molar-refractivity contribution in [2.45, 2.75) is 19.7 Å². The van der Waals surface area contributed by atoms with Gasteiger partial charge in [0, 0.05) is 5.56 Å². The highest BCUT2D eigenvalue weighted by Gasteiger charge is 2.30. The number of hydrogen-bond donors (Lipinski definition) is 1. The number of benzene rings is 3. The van der Waals surface area contributed by atoms with Gasteiger partial charge in [0.1, 0.15) is 12.4 Å². The number of hydrogen-bond acceptors (Lipinski definition) is 4. The highest BCUT2D eigenvalue weighted by molar-refractivity contribution is 6.32. The molecule has 0 aliphatic rings. The molecule has 3 rings (SSSR count). The van der Waals surface area contributed by atoms with Gasteiger partial charge in [-0.15, -0.1) is 0 Å². The Morgan fingerprint density at radius 3 is 2.56 bits per heavy atom. The lowest BCUT2D eigenvalue weighted by atomic mass is 10.1. The number of nitrogens with zero attached hydrogens (tertiary/aromatic N) is 1. The van der Waals surface area contributed by atoms with Gasteiger partial charge in [0.05, 0.1) is 23.4 Å². The van der Waals surface area contributed by atoms with Crippen LogP contribution in [0.4, 0.5) is 17.6 Å². The third-order valence-corrected chi connectivity index (χ3v) is 4.72. The number of carbonyl (C=O) groups is 1. The molecule has 178 valence electrons. The predicted molar refractivity (Wildman–Crippen MR) is 120 cm³/mol. The van der Waals surface area contributed by atoms with Gasteiger partial charge in [0.15, 0.2) is 11.5 Å². The SMILES string of the molecule is CCOc1cc(/C=N\NC(=O)c2cccc(C(F)(F)F)c2)cc(Cl)c1OCc1cccc(F)c1. The third-order valence-electron chi connectivity index (χ3n) is 4.44. The fraction of sp³-hybridized carbons (Fsp3) is 0.167. The minimum atomic E-state index is -4.57. The zero-order valence-corrected chi connectivity index (χ0v) is 18.6. The second-order valence-corrected chi connectivity index (χ2v) is 7.37. The van der Waals surface area contributed by atoms with Crippen LogP contribution in [0.2, 0.25) is 5.02 Å². The fourth-order valence-corrected chi connectivity index (χ4v) is 3.19. The van der Waals surface area contributed by atoms with Gasteiger partial charge in [-0.05, 0) is 60.5 Å². The Morgan fingerprint density at radius 2 is 1.85 bits per heavy atom. The molecule has 0 spiro atoms. The van der Waals surface area contributed by atoms with Crippen LogP contribution in [-0.2, 0) is 12.8 Å². The molecule has 0 aliphatic carbocycles. The minimum absolute atomic E-state index is 0.0536. The van der Waals surface area contributed by atoms with Crippen molar-refractivity contribution < 1.29 is 31.8 Å². The maximum absolute atomic E-state index is 13.4. The summed E-state index contributed by atoms with van der Waals surface area (Å²) < 4.78 is 63.2. The zero-order valence-electron chi connectivity index (χ0n) is 17.8. The predicted octanol–water partition coefficient (Wildman–Crippen LogP) is 6.24.